The van der Waals surface area contributed by atoms with E-state index in [4.69, 9.17) is 0 Å². The highest BCUT2D eigenvalue weighted by molar-refractivity contribution is 5.90. The van der Waals surface area contributed by atoms with Crippen molar-refractivity contribution in [2.24, 2.45) is 11.8 Å². The number of fused-ring (bicyclic) bond motifs is 1. The van der Waals surface area contributed by atoms with E-state index in [9.17, 15) is 4.79 Å². The molecular formula is C14H20ClN3O. The molecule has 2 fully saturated rings. The molecule has 2 unspecified atom stereocenters. The van der Waals surface area contributed by atoms with E-state index in [-0.39, 0.29) is 18.4 Å². The molecular weight excluding hydrogens is 262 g/mol. The number of rotatable bonds is 1. The van der Waals surface area contributed by atoms with Crippen molar-refractivity contribution in [3.8, 4) is 0 Å². The molecule has 5 heteroatoms. The first kappa shape index (κ1) is 14.2. The Morgan fingerprint density at radius 2 is 1.89 bits per heavy atom. The lowest BCUT2D eigenvalue weighted by molar-refractivity contribution is 0.219. The summed E-state index contributed by atoms with van der Waals surface area (Å²) in [7, 11) is 0. The van der Waals surface area contributed by atoms with Crippen LogP contribution in [0.25, 0.3) is 0 Å². The minimum Gasteiger partial charge on any atom is -0.324 e. The molecule has 0 aliphatic carbocycles. The second kappa shape index (κ2) is 5.80. The summed E-state index contributed by atoms with van der Waals surface area (Å²) in [5.41, 5.74) is 2.02. The number of urea groups is 1. The maximum atomic E-state index is 12.2. The molecule has 0 radical (unpaired) electrons. The fraction of sp³-hybridized carbons (Fsp3) is 0.500. The number of likely N-dealkylation sites (tertiary alicyclic amines) is 1. The van der Waals surface area contributed by atoms with E-state index in [0.717, 1.165) is 37.4 Å². The third-order valence-corrected chi connectivity index (χ3v) is 4.06. The highest BCUT2D eigenvalue weighted by atomic mass is 35.5. The number of para-hydroxylation sites is 1. The summed E-state index contributed by atoms with van der Waals surface area (Å²) in [5, 5.41) is 6.39. The van der Waals surface area contributed by atoms with Gasteiger partial charge in [-0.25, -0.2) is 4.79 Å². The average Bonchev–Trinajstić information content (AvgIpc) is 2.92. The molecule has 2 atom stereocenters. The summed E-state index contributed by atoms with van der Waals surface area (Å²) in [6.45, 7) is 5.89. The van der Waals surface area contributed by atoms with Crippen molar-refractivity contribution in [3.63, 3.8) is 0 Å². The molecule has 2 amide bonds. The van der Waals surface area contributed by atoms with E-state index >= 15 is 0 Å². The molecule has 0 aromatic heterocycles. The fourth-order valence-electron chi connectivity index (χ4n) is 2.93. The summed E-state index contributed by atoms with van der Waals surface area (Å²) in [4.78, 5) is 14.1. The molecule has 3 rings (SSSR count). The first-order valence-electron chi connectivity index (χ1n) is 6.56. The number of anilines is 1. The lowest BCUT2D eigenvalue weighted by atomic mass is 10.0. The van der Waals surface area contributed by atoms with Gasteiger partial charge < -0.3 is 15.5 Å². The SMILES string of the molecule is Cc1ccccc1NC(=O)N1CC2CNCC2C1.Cl. The molecule has 19 heavy (non-hydrogen) atoms. The number of aryl methyl sites for hydroxylation is 1. The highest BCUT2D eigenvalue weighted by Crippen LogP contribution is 2.26. The van der Waals surface area contributed by atoms with Gasteiger partial charge in [-0.05, 0) is 30.4 Å². The molecule has 4 nitrogen and oxygen atoms in total. The maximum Gasteiger partial charge on any atom is 0.321 e. The Morgan fingerprint density at radius 1 is 1.26 bits per heavy atom. The van der Waals surface area contributed by atoms with E-state index < -0.39 is 0 Å². The number of benzene rings is 1. The highest BCUT2D eigenvalue weighted by Gasteiger charge is 2.38. The molecule has 1 aromatic rings. The van der Waals surface area contributed by atoms with E-state index in [2.05, 4.69) is 10.6 Å². The Balaban J connectivity index is 0.00000133. The Morgan fingerprint density at radius 3 is 2.53 bits per heavy atom. The number of nitrogens with one attached hydrogen (secondary N) is 2. The third-order valence-electron chi connectivity index (χ3n) is 4.06. The van der Waals surface area contributed by atoms with Gasteiger partial charge in [0.1, 0.15) is 0 Å². The molecule has 2 N–H and O–H groups in total. The third kappa shape index (κ3) is 2.85. The molecule has 2 saturated heterocycles. The zero-order valence-electron chi connectivity index (χ0n) is 11.1. The van der Waals surface area contributed by atoms with Crippen LogP contribution in [0.3, 0.4) is 0 Å². The van der Waals surface area contributed by atoms with Gasteiger partial charge in [-0.3, -0.25) is 0 Å². The molecule has 2 aliphatic heterocycles. The predicted molar refractivity (Wildman–Crippen MR) is 78.9 cm³/mol. The number of hydrogen-bond acceptors (Lipinski definition) is 2. The zero-order valence-corrected chi connectivity index (χ0v) is 11.9. The van der Waals surface area contributed by atoms with Gasteiger partial charge >= 0.3 is 6.03 Å². The number of hydrogen-bond donors (Lipinski definition) is 2. The van der Waals surface area contributed by atoms with Crippen molar-refractivity contribution in [1.29, 1.82) is 0 Å². The van der Waals surface area contributed by atoms with Crippen LogP contribution in [-0.2, 0) is 0 Å². The molecule has 1 aromatic carbocycles. The first-order valence-corrected chi connectivity index (χ1v) is 6.56. The number of amides is 2. The molecule has 0 saturated carbocycles. The largest absolute Gasteiger partial charge is 0.324 e. The standard InChI is InChI=1S/C14H19N3O.ClH/c1-10-4-2-3-5-13(10)16-14(18)17-8-11-6-15-7-12(11)9-17;/h2-5,11-12,15H,6-9H2,1H3,(H,16,18);1H. The van der Waals surface area contributed by atoms with Crippen LogP contribution in [0.1, 0.15) is 5.56 Å². The zero-order chi connectivity index (χ0) is 12.5. The molecule has 104 valence electrons. The summed E-state index contributed by atoms with van der Waals surface area (Å²) < 4.78 is 0. The second-order valence-corrected chi connectivity index (χ2v) is 5.33. The van der Waals surface area contributed by atoms with Crippen molar-refractivity contribution >= 4 is 24.1 Å². The van der Waals surface area contributed by atoms with Crippen molar-refractivity contribution < 1.29 is 4.79 Å². The van der Waals surface area contributed by atoms with Crippen LogP contribution < -0.4 is 10.6 Å². The fourth-order valence-corrected chi connectivity index (χ4v) is 2.93. The summed E-state index contributed by atoms with van der Waals surface area (Å²) in [6.07, 6.45) is 0. The summed E-state index contributed by atoms with van der Waals surface area (Å²) >= 11 is 0. The number of carbonyl (C=O) groups excluding carboxylic acids is 1. The van der Waals surface area contributed by atoms with Gasteiger partial charge in [-0.1, -0.05) is 18.2 Å². The number of nitrogens with zero attached hydrogens (tertiary/aromatic N) is 1. The molecule has 0 bridgehead atoms. The molecule has 2 aliphatic rings. The van der Waals surface area contributed by atoms with Gasteiger partial charge in [-0.15, -0.1) is 12.4 Å². The lowest BCUT2D eigenvalue weighted by Crippen LogP contribution is -2.35. The minimum atomic E-state index is 0. The van der Waals surface area contributed by atoms with Crippen molar-refractivity contribution in [2.45, 2.75) is 6.92 Å². The maximum absolute atomic E-state index is 12.2. The Hall–Kier alpha value is -1.26. The summed E-state index contributed by atoms with van der Waals surface area (Å²) in [5.74, 6) is 1.29. The van der Waals surface area contributed by atoms with E-state index in [1.807, 2.05) is 36.1 Å². The molecule has 0 spiro atoms. The second-order valence-electron chi connectivity index (χ2n) is 5.33. The Kier molecular flexibility index (Phi) is 4.32. The van der Waals surface area contributed by atoms with Gasteiger partial charge in [0.25, 0.3) is 0 Å². The van der Waals surface area contributed by atoms with Crippen molar-refractivity contribution in [1.82, 2.24) is 10.2 Å². The van der Waals surface area contributed by atoms with Gasteiger partial charge in [0.2, 0.25) is 0 Å². The van der Waals surface area contributed by atoms with Crippen LogP contribution in [0.4, 0.5) is 10.5 Å². The quantitative estimate of drug-likeness (QED) is 0.828. The van der Waals surface area contributed by atoms with Gasteiger partial charge in [0.05, 0.1) is 0 Å². The Bertz CT molecular complexity index is 454. The van der Waals surface area contributed by atoms with Gasteiger partial charge in [0.15, 0.2) is 0 Å². The molecule has 2 heterocycles. The Labute approximate surface area is 120 Å². The monoisotopic (exact) mass is 281 g/mol. The van der Waals surface area contributed by atoms with E-state index in [1.54, 1.807) is 0 Å². The van der Waals surface area contributed by atoms with Gasteiger partial charge in [-0.2, -0.15) is 0 Å². The average molecular weight is 282 g/mol. The topological polar surface area (TPSA) is 44.4 Å². The van der Waals surface area contributed by atoms with Crippen LogP contribution in [0.2, 0.25) is 0 Å². The smallest absolute Gasteiger partial charge is 0.321 e. The normalized spacial score (nSPS) is 24.8. The minimum absolute atomic E-state index is 0. The van der Waals surface area contributed by atoms with Gasteiger partial charge in [0, 0.05) is 31.9 Å². The van der Waals surface area contributed by atoms with Crippen molar-refractivity contribution in [2.75, 3.05) is 31.5 Å². The van der Waals surface area contributed by atoms with E-state index in [1.165, 1.54) is 0 Å². The van der Waals surface area contributed by atoms with Crippen LogP contribution in [0.15, 0.2) is 24.3 Å². The number of carbonyl (C=O) groups is 1. The van der Waals surface area contributed by atoms with Crippen LogP contribution in [0, 0.1) is 18.8 Å². The number of halogens is 1. The lowest BCUT2D eigenvalue weighted by Gasteiger charge is -2.19. The predicted octanol–water partition coefficient (Wildman–Crippen LogP) is 2.10. The van der Waals surface area contributed by atoms with Crippen LogP contribution in [0.5, 0.6) is 0 Å². The van der Waals surface area contributed by atoms with E-state index in [0.29, 0.717) is 11.8 Å². The van der Waals surface area contributed by atoms with Crippen molar-refractivity contribution in [3.05, 3.63) is 29.8 Å². The first-order chi connectivity index (χ1) is 8.74. The summed E-state index contributed by atoms with van der Waals surface area (Å²) in [6, 6.07) is 7.94. The van der Waals surface area contributed by atoms with Crippen LogP contribution in [-0.4, -0.2) is 37.1 Å². The van der Waals surface area contributed by atoms with Crippen LogP contribution >= 0.6 is 12.4 Å².